The number of amides is 1. The largest absolute Gasteiger partial charge is 0.398 e. The highest BCUT2D eigenvalue weighted by Crippen LogP contribution is 2.25. The maximum atomic E-state index is 12.4. The molecule has 1 aliphatic heterocycles. The van der Waals surface area contributed by atoms with Crippen molar-refractivity contribution in [2.75, 3.05) is 18.8 Å². The molecule has 0 bridgehead atoms. The van der Waals surface area contributed by atoms with Crippen LogP contribution in [0.25, 0.3) is 0 Å². The van der Waals surface area contributed by atoms with Gasteiger partial charge in [0.1, 0.15) is 0 Å². The first-order chi connectivity index (χ1) is 8.49. The lowest BCUT2D eigenvalue weighted by atomic mass is 10.1. The van der Waals surface area contributed by atoms with Gasteiger partial charge in [-0.15, -0.1) is 0 Å². The van der Waals surface area contributed by atoms with Crippen LogP contribution in [0.1, 0.15) is 24.2 Å². The molecule has 98 valence electrons. The maximum absolute atomic E-state index is 12.4. The van der Waals surface area contributed by atoms with Crippen LogP contribution >= 0.6 is 11.6 Å². The average Bonchev–Trinajstić information content (AvgIpc) is 2.27. The van der Waals surface area contributed by atoms with Crippen LogP contribution in [0, 0.1) is 0 Å². The summed E-state index contributed by atoms with van der Waals surface area (Å²) >= 11 is 6.06. The van der Waals surface area contributed by atoms with Crippen LogP contribution in [0.15, 0.2) is 18.2 Å². The summed E-state index contributed by atoms with van der Waals surface area (Å²) in [5.41, 5.74) is 6.64. The van der Waals surface area contributed by atoms with E-state index in [9.17, 15) is 4.79 Å². The fourth-order valence-electron chi connectivity index (χ4n) is 2.27. The van der Waals surface area contributed by atoms with E-state index in [2.05, 4.69) is 0 Å². The number of nitrogens with zero attached hydrogens (tertiary/aromatic N) is 1. The summed E-state index contributed by atoms with van der Waals surface area (Å²) in [5.74, 6) is -0.125. The molecule has 0 radical (unpaired) electrons. The zero-order valence-corrected chi connectivity index (χ0v) is 11.3. The summed E-state index contributed by atoms with van der Waals surface area (Å²) in [6.45, 7) is 5.03. The van der Waals surface area contributed by atoms with Crippen LogP contribution < -0.4 is 5.73 Å². The van der Waals surface area contributed by atoms with Crippen LogP contribution in [-0.2, 0) is 4.74 Å². The molecule has 0 saturated carbocycles. The lowest BCUT2D eigenvalue weighted by molar-refractivity contribution is -0.0585. The van der Waals surface area contributed by atoms with Crippen molar-refractivity contribution in [3.8, 4) is 0 Å². The van der Waals surface area contributed by atoms with Gasteiger partial charge < -0.3 is 15.4 Å². The van der Waals surface area contributed by atoms with E-state index in [1.54, 1.807) is 23.1 Å². The minimum atomic E-state index is -0.125. The van der Waals surface area contributed by atoms with Gasteiger partial charge in [-0.25, -0.2) is 0 Å². The Morgan fingerprint density at radius 3 is 2.56 bits per heavy atom. The fraction of sp³-hybridized carbons (Fsp3) is 0.462. The van der Waals surface area contributed by atoms with Crippen LogP contribution in [0.4, 0.5) is 5.69 Å². The van der Waals surface area contributed by atoms with Gasteiger partial charge in [-0.3, -0.25) is 4.79 Å². The van der Waals surface area contributed by atoms with Crippen molar-refractivity contribution in [2.24, 2.45) is 0 Å². The van der Waals surface area contributed by atoms with E-state index in [0.29, 0.717) is 29.4 Å². The molecule has 4 nitrogen and oxygen atoms in total. The first-order valence-corrected chi connectivity index (χ1v) is 6.35. The van der Waals surface area contributed by atoms with Crippen molar-refractivity contribution >= 4 is 23.2 Å². The van der Waals surface area contributed by atoms with Gasteiger partial charge in [0.25, 0.3) is 5.91 Å². The molecule has 1 aliphatic rings. The Labute approximate surface area is 112 Å². The summed E-state index contributed by atoms with van der Waals surface area (Å²) in [6.07, 6.45) is 0.0582. The van der Waals surface area contributed by atoms with Crippen LogP contribution in [0.2, 0.25) is 5.02 Å². The Morgan fingerprint density at radius 2 is 2.00 bits per heavy atom. The molecular weight excluding hydrogens is 252 g/mol. The molecule has 5 heteroatoms. The quantitative estimate of drug-likeness (QED) is 0.794. The molecule has 18 heavy (non-hydrogen) atoms. The molecular formula is C13H17ClN2O2. The fourth-order valence-corrected chi connectivity index (χ4v) is 2.53. The highest BCUT2D eigenvalue weighted by molar-refractivity contribution is 6.34. The van der Waals surface area contributed by atoms with Crippen molar-refractivity contribution in [3.05, 3.63) is 28.8 Å². The predicted molar refractivity (Wildman–Crippen MR) is 71.8 cm³/mol. The summed E-state index contributed by atoms with van der Waals surface area (Å²) in [7, 11) is 0. The normalized spacial score (nSPS) is 24.1. The zero-order chi connectivity index (χ0) is 13.3. The van der Waals surface area contributed by atoms with E-state index < -0.39 is 0 Å². The van der Waals surface area contributed by atoms with Gasteiger partial charge in [-0.2, -0.15) is 0 Å². The van der Waals surface area contributed by atoms with E-state index >= 15 is 0 Å². The SMILES string of the molecule is CC1CN(C(=O)c2c(N)cccc2Cl)CC(C)O1. The third kappa shape index (κ3) is 2.60. The predicted octanol–water partition coefficient (Wildman–Crippen LogP) is 2.17. The summed E-state index contributed by atoms with van der Waals surface area (Å²) in [4.78, 5) is 14.2. The molecule has 2 unspecified atom stereocenters. The number of nitrogens with two attached hydrogens (primary N) is 1. The standard InChI is InChI=1S/C13H17ClN2O2/c1-8-6-16(7-9(2)18-8)13(17)12-10(14)4-3-5-11(12)15/h3-5,8-9H,6-7,15H2,1-2H3. The lowest BCUT2D eigenvalue weighted by Crippen LogP contribution is -2.48. The molecule has 1 amide bonds. The Hall–Kier alpha value is -1.26. The molecule has 0 aliphatic carbocycles. The number of morpholine rings is 1. The van der Waals surface area contributed by atoms with Gasteiger partial charge in [-0.1, -0.05) is 17.7 Å². The smallest absolute Gasteiger partial charge is 0.257 e. The first kappa shape index (κ1) is 13.2. The summed E-state index contributed by atoms with van der Waals surface area (Å²) in [5, 5.41) is 0.395. The van der Waals surface area contributed by atoms with Gasteiger partial charge in [0, 0.05) is 18.8 Å². The molecule has 1 heterocycles. The molecule has 1 fully saturated rings. The number of rotatable bonds is 1. The van der Waals surface area contributed by atoms with Gasteiger partial charge in [0.05, 0.1) is 22.8 Å². The highest BCUT2D eigenvalue weighted by atomic mass is 35.5. The monoisotopic (exact) mass is 268 g/mol. The number of anilines is 1. The van der Waals surface area contributed by atoms with Crippen molar-refractivity contribution in [2.45, 2.75) is 26.1 Å². The Balaban J connectivity index is 2.26. The molecule has 0 spiro atoms. The molecule has 2 rings (SSSR count). The second-order valence-electron chi connectivity index (χ2n) is 4.67. The van der Waals surface area contributed by atoms with Crippen LogP contribution in [0.3, 0.4) is 0 Å². The van der Waals surface area contributed by atoms with Crippen molar-refractivity contribution in [1.29, 1.82) is 0 Å². The van der Waals surface area contributed by atoms with Crippen molar-refractivity contribution in [3.63, 3.8) is 0 Å². The summed E-state index contributed by atoms with van der Waals surface area (Å²) < 4.78 is 5.60. The third-order valence-electron chi connectivity index (χ3n) is 2.97. The minimum absolute atomic E-state index is 0.0291. The molecule has 1 aromatic rings. The van der Waals surface area contributed by atoms with Crippen LogP contribution in [-0.4, -0.2) is 36.1 Å². The Bertz CT molecular complexity index is 434. The minimum Gasteiger partial charge on any atom is -0.398 e. The number of hydrogen-bond acceptors (Lipinski definition) is 3. The first-order valence-electron chi connectivity index (χ1n) is 5.97. The number of benzene rings is 1. The number of carbonyl (C=O) groups is 1. The Kier molecular flexibility index (Phi) is 3.78. The van der Waals surface area contributed by atoms with Gasteiger partial charge >= 0.3 is 0 Å². The lowest BCUT2D eigenvalue weighted by Gasteiger charge is -2.35. The molecule has 1 saturated heterocycles. The van der Waals surface area contributed by atoms with Crippen molar-refractivity contribution < 1.29 is 9.53 Å². The van der Waals surface area contributed by atoms with Gasteiger partial charge in [0.15, 0.2) is 0 Å². The summed E-state index contributed by atoms with van der Waals surface area (Å²) in [6, 6.07) is 5.10. The number of ether oxygens (including phenoxy) is 1. The van der Waals surface area contributed by atoms with Gasteiger partial charge in [-0.05, 0) is 26.0 Å². The maximum Gasteiger partial charge on any atom is 0.257 e. The Morgan fingerprint density at radius 1 is 1.39 bits per heavy atom. The molecule has 2 N–H and O–H groups in total. The van der Waals surface area contributed by atoms with E-state index in [4.69, 9.17) is 22.1 Å². The van der Waals surface area contributed by atoms with E-state index in [1.165, 1.54) is 0 Å². The van der Waals surface area contributed by atoms with E-state index in [0.717, 1.165) is 0 Å². The zero-order valence-electron chi connectivity index (χ0n) is 10.5. The second kappa shape index (κ2) is 5.16. The van der Waals surface area contributed by atoms with Crippen LogP contribution in [0.5, 0.6) is 0 Å². The number of halogens is 1. The van der Waals surface area contributed by atoms with E-state index in [-0.39, 0.29) is 18.1 Å². The second-order valence-corrected chi connectivity index (χ2v) is 5.08. The molecule has 1 aromatic carbocycles. The van der Waals surface area contributed by atoms with Gasteiger partial charge in [0.2, 0.25) is 0 Å². The highest BCUT2D eigenvalue weighted by Gasteiger charge is 2.28. The number of carbonyl (C=O) groups excluding carboxylic acids is 1. The molecule has 0 aromatic heterocycles. The van der Waals surface area contributed by atoms with E-state index in [1.807, 2.05) is 13.8 Å². The average molecular weight is 269 g/mol. The van der Waals surface area contributed by atoms with Crippen molar-refractivity contribution in [1.82, 2.24) is 4.90 Å². The topological polar surface area (TPSA) is 55.6 Å². The molecule has 2 atom stereocenters. The number of nitrogen functional groups attached to an aromatic ring is 1. The number of hydrogen-bond donors (Lipinski definition) is 1. The third-order valence-corrected chi connectivity index (χ3v) is 3.28.